The van der Waals surface area contributed by atoms with Crippen molar-refractivity contribution in [3.05, 3.63) is 23.0 Å². The zero-order valence-electron chi connectivity index (χ0n) is 14.1. The summed E-state index contributed by atoms with van der Waals surface area (Å²) in [6.45, 7) is 10.6. The predicted octanol–water partition coefficient (Wildman–Crippen LogP) is 3.36. The Morgan fingerprint density at radius 2 is 1.67 bits per heavy atom. The number of aryl methyl sites for hydroxylation is 1. The average Bonchev–Trinajstić information content (AvgIpc) is 2.77. The molecule has 118 valence electrons. The van der Waals surface area contributed by atoms with Crippen LogP contribution in [-0.2, 0) is 6.54 Å². The second-order valence-corrected chi connectivity index (χ2v) is 7.14. The third-order valence-electron chi connectivity index (χ3n) is 5.52. The van der Waals surface area contributed by atoms with Crippen LogP contribution >= 0.6 is 0 Å². The summed E-state index contributed by atoms with van der Waals surface area (Å²) in [5, 5.41) is 0. The molecule has 2 heterocycles. The van der Waals surface area contributed by atoms with Crippen molar-refractivity contribution < 1.29 is 0 Å². The molecule has 1 saturated carbocycles. The molecular weight excluding hydrogens is 258 g/mol. The molecule has 3 nitrogen and oxygen atoms in total. The van der Waals surface area contributed by atoms with Gasteiger partial charge in [-0.2, -0.15) is 0 Å². The molecule has 0 aromatic carbocycles. The molecule has 0 amide bonds. The molecule has 0 bridgehead atoms. The Labute approximate surface area is 129 Å². The van der Waals surface area contributed by atoms with Crippen LogP contribution in [0.5, 0.6) is 0 Å². The number of likely N-dealkylation sites (N-methyl/N-ethyl adjacent to an activating group) is 1. The van der Waals surface area contributed by atoms with Gasteiger partial charge in [0.1, 0.15) is 0 Å². The molecule has 1 saturated heterocycles. The van der Waals surface area contributed by atoms with E-state index in [-0.39, 0.29) is 0 Å². The van der Waals surface area contributed by atoms with Crippen LogP contribution in [0, 0.1) is 13.8 Å². The lowest BCUT2D eigenvalue weighted by molar-refractivity contribution is 0.148. The highest BCUT2D eigenvalue weighted by Gasteiger charge is 2.21. The number of nitrogens with zero attached hydrogens (tertiary/aromatic N) is 3. The minimum atomic E-state index is 0.764. The molecule has 1 aromatic heterocycles. The summed E-state index contributed by atoms with van der Waals surface area (Å²) in [6.07, 6.45) is 7.02. The van der Waals surface area contributed by atoms with E-state index in [9.17, 15) is 0 Å². The zero-order valence-corrected chi connectivity index (χ0v) is 14.1. The molecule has 2 aliphatic rings. The first-order valence-corrected chi connectivity index (χ1v) is 8.73. The van der Waals surface area contributed by atoms with E-state index in [1.807, 2.05) is 0 Å². The number of hydrogen-bond acceptors (Lipinski definition) is 2. The number of rotatable bonds is 3. The van der Waals surface area contributed by atoms with Crippen LogP contribution in [0.15, 0.2) is 6.07 Å². The van der Waals surface area contributed by atoms with Crippen molar-refractivity contribution in [3.8, 4) is 0 Å². The highest BCUT2D eigenvalue weighted by molar-refractivity contribution is 5.27. The third-order valence-corrected chi connectivity index (χ3v) is 5.52. The molecule has 1 aliphatic carbocycles. The fourth-order valence-electron chi connectivity index (χ4n) is 4.15. The van der Waals surface area contributed by atoms with Gasteiger partial charge in [0.05, 0.1) is 0 Å². The number of aromatic nitrogens is 1. The van der Waals surface area contributed by atoms with E-state index < -0.39 is 0 Å². The van der Waals surface area contributed by atoms with Crippen LogP contribution in [0.4, 0.5) is 0 Å². The van der Waals surface area contributed by atoms with Gasteiger partial charge >= 0.3 is 0 Å². The zero-order chi connectivity index (χ0) is 14.8. The van der Waals surface area contributed by atoms with Gasteiger partial charge in [-0.15, -0.1) is 0 Å². The average molecular weight is 289 g/mol. The topological polar surface area (TPSA) is 11.4 Å². The summed E-state index contributed by atoms with van der Waals surface area (Å²) in [7, 11) is 2.23. The molecule has 0 N–H and O–H groups in total. The van der Waals surface area contributed by atoms with Crippen molar-refractivity contribution in [2.24, 2.45) is 0 Å². The predicted molar refractivity (Wildman–Crippen MR) is 88.8 cm³/mol. The second kappa shape index (κ2) is 6.53. The molecule has 0 atom stereocenters. The summed E-state index contributed by atoms with van der Waals surface area (Å²) in [5.41, 5.74) is 4.56. The van der Waals surface area contributed by atoms with Crippen molar-refractivity contribution >= 4 is 0 Å². The van der Waals surface area contributed by atoms with E-state index in [0.717, 1.165) is 12.6 Å². The van der Waals surface area contributed by atoms with Crippen molar-refractivity contribution in [1.82, 2.24) is 14.4 Å². The van der Waals surface area contributed by atoms with Gasteiger partial charge in [0, 0.05) is 50.2 Å². The monoisotopic (exact) mass is 289 g/mol. The number of piperazine rings is 1. The standard InChI is InChI=1S/C18H31N3/c1-15-13-17(14-20-11-9-19(3)10-12-20)16(2)21(15)18-7-5-4-6-8-18/h13,18H,4-12,14H2,1-3H3. The lowest BCUT2D eigenvalue weighted by Crippen LogP contribution is -2.43. The van der Waals surface area contributed by atoms with Crippen LogP contribution in [0.2, 0.25) is 0 Å². The van der Waals surface area contributed by atoms with Gasteiger partial charge in [0.15, 0.2) is 0 Å². The Balaban J connectivity index is 1.71. The highest BCUT2D eigenvalue weighted by atomic mass is 15.2. The van der Waals surface area contributed by atoms with Crippen LogP contribution in [0.25, 0.3) is 0 Å². The largest absolute Gasteiger partial charge is 0.346 e. The molecule has 3 heteroatoms. The van der Waals surface area contributed by atoms with Gasteiger partial charge in [-0.05, 0) is 45.4 Å². The molecule has 3 rings (SSSR count). The van der Waals surface area contributed by atoms with Crippen molar-refractivity contribution in [2.45, 2.75) is 58.5 Å². The van der Waals surface area contributed by atoms with E-state index in [2.05, 4.69) is 41.3 Å². The quantitative estimate of drug-likeness (QED) is 0.845. The minimum absolute atomic E-state index is 0.764. The maximum Gasteiger partial charge on any atom is 0.0335 e. The molecule has 0 unspecified atom stereocenters. The summed E-state index contributed by atoms with van der Waals surface area (Å²) < 4.78 is 2.64. The minimum Gasteiger partial charge on any atom is -0.346 e. The van der Waals surface area contributed by atoms with E-state index in [4.69, 9.17) is 0 Å². The van der Waals surface area contributed by atoms with Gasteiger partial charge in [-0.3, -0.25) is 4.90 Å². The van der Waals surface area contributed by atoms with E-state index in [1.54, 1.807) is 5.56 Å². The van der Waals surface area contributed by atoms with Gasteiger partial charge in [-0.25, -0.2) is 0 Å². The molecular formula is C18H31N3. The summed E-state index contributed by atoms with van der Waals surface area (Å²) in [6, 6.07) is 3.21. The van der Waals surface area contributed by atoms with Gasteiger partial charge < -0.3 is 9.47 Å². The van der Waals surface area contributed by atoms with Crippen molar-refractivity contribution in [1.29, 1.82) is 0 Å². The van der Waals surface area contributed by atoms with Crippen LogP contribution in [-0.4, -0.2) is 47.6 Å². The smallest absolute Gasteiger partial charge is 0.0335 e. The third kappa shape index (κ3) is 3.35. The maximum absolute atomic E-state index is 2.64. The van der Waals surface area contributed by atoms with E-state index >= 15 is 0 Å². The van der Waals surface area contributed by atoms with Crippen molar-refractivity contribution in [2.75, 3.05) is 33.2 Å². The van der Waals surface area contributed by atoms with Crippen LogP contribution in [0.1, 0.15) is 55.1 Å². The Morgan fingerprint density at radius 3 is 2.33 bits per heavy atom. The molecule has 0 spiro atoms. The number of hydrogen-bond donors (Lipinski definition) is 0. The Bertz CT molecular complexity index is 463. The van der Waals surface area contributed by atoms with Gasteiger partial charge in [0.25, 0.3) is 0 Å². The molecule has 1 aromatic rings. The maximum atomic E-state index is 2.64. The fourth-order valence-corrected chi connectivity index (χ4v) is 4.15. The van der Waals surface area contributed by atoms with Crippen LogP contribution < -0.4 is 0 Å². The first kappa shape index (κ1) is 15.1. The fraction of sp³-hybridized carbons (Fsp3) is 0.778. The molecule has 21 heavy (non-hydrogen) atoms. The van der Waals surface area contributed by atoms with Gasteiger partial charge in [0.2, 0.25) is 0 Å². The lowest BCUT2D eigenvalue weighted by Gasteiger charge is -2.32. The summed E-state index contributed by atoms with van der Waals surface area (Å²) in [5.74, 6) is 0. The molecule has 1 aliphatic heterocycles. The normalized spacial score (nSPS) is 22.8. The van der Waals surface area contributed by atoms with Crippen LogP contribution in [0.3, 0.4) is 0 Å². The Kier molecular flexibility index (Phi) is 4.70. The first-order valence-electron chi connectivity index (χ1n) is 8.73. The van der Waals surface area contributed by atoms with Gasteiger partial charge in [-0.1, -0.05) is 19.3 Å². The Morgan fingerprint density at radius 1 is 1.00 bits per heavy atom. The Hall–Kier alpha value is -0.800. The van der Waals surface area contributed by atoms with Crippen molar-refractivity contribution in [3.63, 3.8) is 0 Å². The van der Waals surface area contributed by atoms with E-state index in [1.165, 1.54) is 69.7 Å². The summed E-state index contributed by atoms with van der Waals surface area (Å²) >= 11 is 0. The lowest BCUT2D eigenvalue weighted by atomic mass is 9.95. The van der Waals surface area contributed by atoms with E-state index in [0.29, 0.717) is 0 Å². The molecule has 0 radical (unpaired) electrons. The second-order valence-electron chi connectivity index (χ2n) is 7.14. The highest BCUT2D eigenvalue weighted by Crippen LogP contribution is 2.32. The molecule has 2 fully saturated rings. The summed E-state index contributed by atoms with van der Waals surface area (Å²) in [4.78, 5) is 5.05. The SMILES string of the molecule is Cc1cc(CN2CCN(C)CC2)c(C)n1C1CCCCC1. The first-order chi connectivity index (χ1) is 10.1.